The van der Waals surface area contributed by atoms with Crippen LogP contribution in [-0.4, -0.2) is 65.1 Å². The second kappa shape index (κ2) is 6.55. The summed E-state index contributed by atoms with van der Waals surface area (Å²) in [5.74, 6) is 1.11. The van der Waals surface area contributed by atoms with Gasteiger partial charge in [0.25, 0.3) is 0 Å². The van der Waals surface area contributed by atoms with Crippen LogP contribution in [0, 0.1) is 6.92 Å². The van der Waals surface area contributed by atoms with Crippen molar-refractivity contribution >= 4 is 17.2 Å². The summed E-state index contributed by atoms with van der Waals surface area (Å²) in [5.41, 5.74) is 0. The Morgan fingerprint density at radius 2 is 1.96 bits per heavy atom. The highest BCUT2D eigenvalue weighted by Crippen LogP contribution is 2.22. The van der Waals surface area contributed by atoms with Crippen molar-refractivity contribution in [3.63, 3.8) is 0 Å². The first-order valence-corrected chi connectivity index (χ1v) is 9.13. The molecule has 2 aliphatic rings. The second-order valence-corrected chi connectivity index (χ2v) is 7.72. The Hall–Kier alpha value is -1.50. The van der Waals surface area contributed by atoms with Crippen molar-refractivity contribution < 1.29 is 0 Å². The van der Waals surface area contributed by atoms with Crippen molar-refractivity contribution in [3.8, 4) is 0 Å². The molecule has 0 spiro atoms. The maximum Gasteiger partial charge on any atom is 0.128 e. The van der Waals surface area contributed by atoms with Crippen molar-refractivity contribution in [3.05, 3.63) is 40.5 Å². The summed E-state index contributed by atoms with van der Waals surface area (Å²) in [4.78, 5) is 17.8. The molecular weight excluding hydrogens is 306 g/mol. The number of nitrogens with zero attached hydrogens (tertiary/aromatic N) is 5. The molecule has 0 atom stereocenters. The third kappa shape index (κ3) is 3.39. The van der Waals surface area contributed by atoms with Crippen LogP contribution < -0.4 is 4.90 Å². The van der Waals surface area contributed by atoms with Gasteiger partial charge in [-0.2, -0.15) is 0 Å². The third-order valence-electron chi connectivity index (χ3n) is 4.79. The lowest BCUT2D eigenvalue weighted by Gasteiger charge is -2.48. The number of aryl methyl sites for hydroxylation is 1. The largest absolute Gasteiger partial charge is 0.354 e. The first kappa shape index (κ1) is 15.1. The minimum atomic E-state index is 0.731. The van der Waals surface area contributed by atoms with Crippen molar-refractivity contribution in [2.45, 2.75) is 19.5 Å². The predicted octanol–water partition coefficient (Wildman–Crippen LogP) is 1.85. The zero-order valence-electron chi connectivity index (χ0n) is 13.6. The van der Waals surface area contributed by atoms with Crippen molar-refractivity contribution in [2.75, 3.05) is 44.2 Å². The molecule has 2 aromatic heterocycles. The van der Waals surface area contributed by atoms with E-state index in [0.717, 1.165) is 44.6 Å². The van der Waals surface area contributed by atoms with E-state index in [-0.39, 0.29) is 0 Å². The Balaban J connectivity index is 1.23. The Morgan fingerprint density at radius 1 is 1.13 bits per heavy atom. The minimum Gasteiger partial charge on any atom is -0.354 e. The Bertz CT molecular complexity index is 629. The summed E-state index contributed by atoms with van der Waals surface area (Å²) in [6, 6.07) is 6.89. The molecule has 6 heteroatoms. The van der Waals surface area contributed by atoms with Gasteiger partial charge in [0, 0.05) is 69.1 Å². The van der Waals surface area contributed by atoms with Gasteiger partial charge in [-0.15, -0.1) is 11.3 Å². The third-order valence-corrected chi connectivity index (χ3v) is 5.69. The molecule has 0 bridgehead atoms. The maximum atomic E-state index is 4.46. The second-order valence-electron chi connectivity index (χ2n) is 6.40. The monoisotopic (exact) mass is 329 g/mol. The van der Waals surface area contributed by atoms with Crippen molar-refractivity contribution in [1.82, 2.24) is 19.8 Å². The van der Waals surface area contributed by atoms with E-state index in [4.69, 9.17) is 0 Å². The van der Waals surface area contributed by atoms with Gasteiger partial charge in [-0.3, -0.25) is 9.80 Å². The maximum absolute atomic E-state index is 4.46. The summed E-state index contributed by atoms with van der Waals surface area (Å²) in [7, 11) is 0. The predicted molar refractivity (Wildman–Crippen MR) is 93.9 cm³/mol. The molecule has 0 aliphatic carbocycles. The SMILES string of the molecule is Cc1ncc(CN2CC(N3CCN(c4ccccn4)CC3)C2)s1. The molecule has 2 aromatic rings. The highest BCUT2D eigenvalue weighted by atomic mass is 32.1. The van der Waals surface area contributed by atoms with Crippen LogP contribution >= 0.6 is 11.3 Å². The fraction of sp³-hybridized carbons (Fsp3) is 0.529. The zero-order valence-corrected chi connectivity index (χ0v) is 14.4. The highest BCUT2D eigenvalue weighted by Gasteiger charge is 2.33. The standard InChI is InChI=1S/C17H23N5S/c1-14-19-10-16(23-14)13-20-11-15(12-20)21-6-8-22(9-7-21)17-4-2-3-5-18-17/h2-5,10,15H,6-9,11-13H2,1H3. The lowest BCUT2D eigenvalue weighted by Crippen LogP contribution is -2.62. The van der Waals surface area contributed by atoms with Gasteiger partial charge in [0.15, 0.2) is 0 Å². The zero-order chi connectivity index (χ0) is 15.6. The Labute approximate surface area is 141 Å². The summed E-state index contributed by atoms with van der Waals surface area (Å²) < 4.78 is 0. The molecule has 0 N–H and O–H groups in total. The fourth-order valence-electron chi connectivity index (χ4n) is 3.46. The first-order valence-electron chi connectivity index (χ1n) is 8.31. The first-order chi connectivity index (χ1) is 11.3. The van der Waals surface area contributed by atoms with Crippen LogP contribution in [0.5, 0.6) is 0 Å². The molecule has 122 valence electrons. The van der Waals surface area contributed by atoms with Gasteiger partial charge in [0.05, 0.1) is 5.01 Å². The van der Waals surface area contributed by atoms with Crippen LogP contribution in [0.15, 0.2) is 30.6 Å². The van der Waals surface area contributed by atoms with Crippen LogP contribution in [0.2, 0.25) is 0 Å². The summed E-state index contributed by atoms with van der Waals surface area (Å²) in [6.45, 7) is 10.00. The number of hydrogen-bond donors (Lipinski definition) is 0. The molecule has 0 aromatic carbocycles. The number of hydrogen-bond acceptors (Lipinski definition) is 6. The topological polar surface area (TPSA) is 35.5 Å². The van der Waals surface area contributed by atoms with E-state index in [1.54, 1.807) is 0 Å². The summed E-state index contributed by atoms with van der Waals surface area (Å²) in [6.07, 6.45) is 3.91. The van der Waals surface area contributed by atoms with Gasteiger partial charge in [-0.1, -0.05) is 6.07 Å². The van der Waals surface area contributed by atoms with Gasteiger partial charge in [0.2, 0.25) is 0 Å². The number of piperazine rings is 1. The van der Waals surface area contributed by atoms with Gasteiger partial charge in [-0.05, 0) is 19.1 Å². The molecule has 2 fully saturated rings. The Kier molecular flexibility index (Phi) is 4.29. The quantitative estimate of drug-likeness (QED) is 0.855. The molecule has 0 saturated carbocycles. The van der Waals surface area contributed by atoms with Crippen molar-refractivity contribution in [1.29, 1.82) is 0 Å². The fourth-order valence-corrected chi connectivity index (χ4v) is 4.30. The molecule has 5 nitrogen and oxygen atoms in total. The minimum absolute atomic E-state index is 0.731. The van der Waals surface area contributed by atoms with E-state index in [1.165, 1.54) is 23.0 Å². The van der Waals surface area contributed by atoms with Crippen LogP contribution in [0.3, 0.4) is 0 Å². The van der Waals surface area contributed by atoms with Crippen LogP contribution in [0.1, 0.15) is 9.88 Å². The molecule has 0 radical (unpaired) electrons. The van der Waals surface area contributed by atoms with E-state index in [2.05, 4.69) is 43.7 Å². The molecular formula is C17H23N5S. The number of aromatic nitrogens is 2. The van der Waals surface area contributed by atoms with E-state index in [9.17, 15) is 0 Å². The number of pyridine rings is 1. The van der Waals surface area contributed by atoms with Crippen LogP contribution in [-0.2, 0) is 6.54 Å². The van der Waals surface area contributed by atoms with Gasteiger partial charge >= 0.3 is 0 Å². The van der Waals surface area contributed by atoms with E-state index in [0.29, 0.717) is 0 Å². The number of rotatable bonds is 4. The molecule has 2 saturated heterocycles. The molecule has 4 heterocycles. The van der Waals surface area contributed by atoms with Crippen LogP contribution in [0.25, 0.3) is 0 Å². The van der Waals surface area contributed by atoms with Crippen LogP contribution in [0.4, 0.5) is 5.82 Å². The van der Waals surface area contributed by atoms with E-state index in [1.807, 2.05) is 29.8 Å². The number of likely N-dealkylation sites (tertiary alicyclic amines) is 1. The van der Waals surface area contributed by atoms with Crippen molar-refractivity contribution in [2.24, 2.45) is 0 Å². The van der Waals surface area contributed by atoms with Gasteiger partial charge in [-0.25, -0.2) is 9.97 Å². The molecule has 0 amide bonds. The summed E-state index contributed by atoms with van der Waals surface area (Å²) >= 11 is 1.82. The summed E-state index contributed by atoms with van der Waals surface area (Å²) in [5, 5.41) is 1.17. The number of thiazole rings is 1. The van der Waals surface area contributed by atoms with Gasteiger partial charge < -0.3 is 4.90 Å². The smallest absolute Gasteiger partial charge is 0.128 e. The number of anilines is 1. The highest BCUT2D eigenvalue weighted by molar-refractivity contribution is 7.11. The molecule has 4 rings (SSSR count). The lowest BCUT2D eigenvalue weighted by molar-refractivity contribution is 0.0261. The van der Waals surface area contributed by atoms with E-state index >= 15 is 0 Å². The molecule has 23 heavy (non-hydrogen) atoms. The van der Waals surface area contributed by atoms with E-state index < -0.39 is 0 Å². The Morgan fingerprint density at radius 3 is 2.61 bits per heavy atom. The normalized spacial score (nSPS) is 20.7. The van der Waals surface area contributed by atoms with Gasteiger partial charge in [0.1, 0.15) is 5.82 Å². The molecule has 2 aliphatic heterocycles. The lowest BCUT2D eigenvalue weighted by atomic mass is 10.1. The average Bonchev–Trinajstić information content (AvgIpc) is 2.97. The average molecular weight is 329 g/mol. The molecule has 0 unspecified atom stereocenters.